The maximum atomic E-state index is 12.1. The number of aryl methyl sites for hydroxylation is 2. The van der Waals surface area contributed by atoms with Gasteiger partial charge in [-0.3, -0.25) is 4.79 Å². The summed E-state index contributed by atoms with van der Waals surface area (Å²) in [6, 6.07) is 1.93. The molecule has 0 saturated heterocycles. The first-order valence-corrected chi connectivity index (χ1v) is 8.03. The molecule has 20 heavy (non-hydrogen) atoms. The molecule has 0 bridgehead atoms. The standard InChI is InChI=1S/C15H21NO3S/c1-3-8-16-14(17)10(2)19-15(18)13-9-11-6-4-5-7-12(11)20-13/h9-10H,3-8H2,1-2H3,(H,16,17). The van der Waals surface area contributed by atoms with Crippen LogP contribution in [0.1, 0.15) is 53.2 Å². The molecule has 0 aromatic carbocycles. The molecule has 1 aromatic heterocycles. The van der Waals surface area contributed by atoms with E-state index in [1.54, 1.807) is 6.92 Å². The van der Waals surface area contributed by atoms with Crippen molar-refractivity contribution in [2.75, 3.05) is 6.54 Å². The minimum atomic E-state index is -0.742. The molecule has 0 radical (unpaired) electrons. The van der Waals surface area contributed by atoms with Crippen LogP contribution in [0.3, 0.4) is 0 Å². The largest absolute Gasteiger partial charge is 0.448 e. The Morgan fingerprint density at radius 3 is 2.85 bits per heavy atom. The molecular formula is C15H21NO3S. The molecule has 0 fully saturated rings. The van der Waals surface area contributed by atoms with Gasteiger partial charge in [-0.05, 0) is 50.7 Å². The highest BCUT2D eigenvalue weighted by Gasteiger charge is 2.22. The number of rotatable bonds is 5. The lowest BCUT2D eigenvalue weighted by atomic mass is 9.99. The smallest absolute Gasteiger partial charge is 0.349 e. The van der Waals surface area contributed by atoms with Gasteiger partial charge in [0.2, 0.25) is 0 Å². The van der Waals surface area contributed by atoms with Gasteiger partial charge in [0, 0.05) is 11.4 Å². The van der Waals surface area contributed by atoms with E-state index in [9.17, 15) is 9.59 Å². The van der Waals surface area contributed by atoms with Gasteiger partial charge in [0.05, 0.1) is 0 Å². The zero-order valence-corrected chi connectivity index (χ0v) is 12.8. The van der Waals surface area contributed by atoms with Crippen LogP contribution in [0, 0.1) is 0 Å². The Labute approximate surface area is 123 Å². The highest BCUT2D eigenvalue weighted by atomic mass is 32.1. The van der Waals surface area contributed by atoms with Gasteiger partial charge in [0.1, 0.15) is 4.88 Å². The fraction of sp³-hybridized carbons (Fsp3) is 0.600. The van der Waals surface area contributed by atoms with Gasteiger partial charge in [-0.15, -0.1) is 11.3 Å². The van der Waals surface area contributed by atoms with Crippen LogP contribution >= 0.6 is 11.3 Å². The zero-order chi connectivity index (χ0) is 14.5. The lowest BCUT2D eigenvalue weighted by Gasteiger charge is -2.12. The molecule has 2 rings (SSSR count). The predicted molar refractivity (Wildman–Crippen MR) is 79.1 cm³/mol. The van der Waals surface area contributed by atoms with Crippen molar-refractivity contribution in [2.45, 2.75) is 52.1 Å². The fourth-order valence-electron chi connectivity index (χ4n) is 2.26. The van der Waals surface area contributed by atoms with Crippen LogP contribution < -0.4 is 5.32 Å². The van der Waals surface area contributed by atoms with Crippen LogP contribution in [0.25, 0.3) is 0 Å². The molecule has 5 heteroatoms. The van der Waals surface area contributed by atoms with E-state index >= 15 is 0 Å². The quantitative estimate of drug-likeness (QED) is 0.850. The van der Waals surface area contributed by atoms with Crippen molar-refractivity contribution in [3.8, 4) is 0 Å². The van der Waals surface area contributed by atoms with Crippen LogP contribution in [-0.2, 0) is 22.4 Å². The molecule has 1 aliphatic rings. The van der Waals surface area contributed by atoms with E-state index in [0.29, 0.717) is 11.4 Å². The number of ether oxygens (including phenoxy) is 1. The molecule has 1 aliphatic carbocycles. The summed E-state index contributed by atoms with van der Waals surface area (Å²) < 4.78 is 5.23. The average molecular weight is 295 g/mol. The van der Waals surface area contributed by atoms with Gasteiger partial charge in [-0.1, -0.05) is 6.92 Å². The molecule has 1 heterocycles. The minimum Gasteiger partial charge on any atom is -0.448 e. The Morgan fingerprint density at radius 2 is 2.15 bits per heavy atom. The van der Waals surface area contributed by atoms with Gasteiger partial charge in [0.15, 0.2) is 6.10 Å². The van der Waals surface area contributed by atoms with Crippen LogP contribution in [0.2, 0.25) is 0 Å². The molecule has 1 N–H and O–H groups in total. The number of carbonyl (C=O) groups excluding carboxylic acids is 2. The van der Waals surface area contributed by atoms with E-state index < -0.39 is 6.10 Å². The van der Waals surface area contributed by atoms with E-state index in [2.05, 4.69) is 5.32 Å². The molecular weight excluding hydrogens is 274 g/mol. The number of hydrogen-bond donors (Lipinski definition) is 1. The second kappa shape index (κ2) is 6.88. The number of amides is 1. The van der Waals surface area contributed by atoms with Gasteiger partial charge in [0.25, 0.3) is 5.91 Å². The number of fused-ring (bicyclic) bond motifs is 1. The fourth-order valence-corrected chi connectivity index (χ4v) is 3.39. The number of hydrogen-bond acceptors (Lipinski definition) is 4. The average Bonchev–Trinajstić information content (AvgIpc) is 2.88. The van der Waals surface area contributed by atoms with Crippen molar-refractivity contribution >= 4 is 23.2 Å². The van der Waals surface area contributed by atoms with E-state index in [-0.39, 0.29) is 11.9 Å². The van der Waals surface area contributed by atoms with Crippen molar-refractivity contribution in [3.05, 3.63) is 21.4 Å². The third-order valence-electron chi connectivity index (χ3n) is 3.40. The van der Waals surface area contributed by atoms with Gasteiger partial charge in [-0.2, -0.15) is 0 Å². The monoisotopic (exact) mass is 295 g/mol. The molecule has 1 amide bonds. The lowest BCUT2D eigenvalue weighted by Crippen LogP contribution is -2.36. The number of thiophene rings is 1. The maximum absolute atomic E-state index is 12.1. The molecule has 1 atom stereocenters. The molecule has 110 valence electrons. The summed E-state index contributed by atoms with van der Waals surface area (Å²) in [5.41, 5.74) is 1.27. The van der Waals surface area contributed by atoms with Gasteiger partial charge in [-0.25, -0.2) is 4.79 Å². The highest BCUT2D eigenvalue weighted by molar-refractivity contribution is 7.14. The van der Waals surface area contributed by atoms with Crippen LogP contribution in [0.4, 0.5) is 0 Å². The highest BCUT2D eigenvalue weighted by Crippen LogP contribution is 2.30. The Bertz CT molecular complexity index is 472. The van der Waals surface area contributed by atoms with Crippen molar-refractivity contribution in [1.82, 2.24) is 5.32 Å². The summed E-state index contributed by atoms with van der Waals surface area (Å²) in [7, 11) is 0. The van der Waals surface area contributed by atoms with Crippen LogP contribution in [-0.4, -0.2) is 24.5 Å². The lowest BCUT2D eigenvalue weighted by molar-refractivity contribution is -0.129. The summed E-state index contributed by atoms with van der Waals surface area (Å²) >= 11 is 1.51. The van der Waals surface area contributed by atoms with Gasteiger partial charge >= 0.3 is 5.97 Å². The maximum Gasteiger partial charge on any atom is 0.349 e. The van der Waals surface area contributed by atoms with Crippen molar-refractivity contribution < 1.29 is 14.3 Å². The topological polar surface area (TPSA) is 55.4 Å². The van der Waals surface area contributed by atoms with Crippen LogP contribution in [0.5, 0.6) is 0 Å². The Kier molecular flexibility index (Phi) is 5.17. The molecule has 0 spiro atoms. The summed E-state index contributed by atoms with van der Waals surface area (Å²) in [4.78, 5) is 25.7. The van der Waals surface area contributed by atoms with E-state index in [1.807, 2.05) is 13.0 Å². The zero-order valence-electron chi connectivity index (χ0n) is 12.0. The molecule has 1 unspecified atom stereocenters. The Balaban J connectivity index is 1.94. The number of carbonyl (C=O) groups is 2. The minimum absolute atomic E-state index is 0.235. The summed E-state index contributed by atoms with van der Waals surface area (Å²) in [6.45, 7) is 4.19. The first kappa shape index (κ1) is 15.0. The Hall–Kier alpha value is -1.36. The molecule has 0 saturated carbocycles. The Morgan fingerprint density at radius 1 is 1.40 bits per heavy atom. The second-order valence-electron chi connectivity index (χ2n) is 5.10. The predicted octanol–water partition coefficient (Wildman–Crippen LogP) is 2.70. The summed E-state index contributed by atoms with van der Waals surface area (Å²) in [5.74, 6) is -0.620. The van der Waals surface area contributed by atoms with Crippen molar-refractivity contribution in [2.24, 2.45) is 0 Å². The summed E-state index contributed by atoms with van der Waals surface area (Å²) in [5, 5.41) is 2.73. The number of esters is 1. The summed E-state index contributed by atoms with van der Waals surface area (Å²) in [6.07, 6.45) is 4.61. The van der Waals surface area contributed by atoms with Gasteiger partial charge < -0.3 is 10.1 Å². The van der Waals surface area contributed by atoms with Crippen molar-refractivity contribution in [3.63, 3.8) is 0 Å². The van der Waals surface area contributed by atoms with E-state index in [4.69, 9.17) is 4.74 Å². The second-order valence-corrected chi connectivity index (χ2v) is 6.24. The third kappa shape index (κ3) is 3.60. The molecule has 0 aliphatic heterocycles. The van der Waals surface area contributed by atoms with Crippen molar-refractivity contribution in [1.29, 1.82) is 0 Å². The number of nitrogens with one attached hydrogen (secondary N) is 1. The molecule has 4 nitrogen and oxygen atoms in total. The SMILES string of the molecule is CCCNC(=O)C(C)OC(=O)c1cc2c(s1)CCCC2. The van der Waals surface area contributed by atoms with E-state index in [1.165, 1.54) is 34.6 Å². The normalized spacial score (nSPS) is 15.3. The van der Waals surface area contributed by atoms with Crippen LogP contribution in [0.15, 0.2) is 6.07 Å². The molecule has 1 aromatic rings. The first-order valence-electron chi connectivity index (χ1n) is 7.22. The van der Waals surface area contributed by atoms with E-state index in [0.717, 1.165) is 19.3 Å². The third-order valence-corrected chi connectivity index (χ3v) is 4.62. The first-order chi connectivity index (χ1) is 9.61.